The van der Waals surface area contributed by atoms with Gasteiger partial charge in [0.25, 0.3) is 0 Å². The van der Waals surface area contributed by atoms with E-state index in [4.69, 9.17) is 5.11 Å². The van der Waals surface area contributed by atoms with Crippen molar-refractivity contribution >= 4 is 15.9 Å². The number of aromatic hydroxyl groups is 1. The number of hydrogen-bond donors (Lipinski definition) is 3. The summed E-state index contributed by atoms with van der Waals surface area (Å²) in [6, 6.07) is 5.89. The molecule has 0 aliphatic heterocycles. The Morgan fingerprint density at radius 3 is 2.84 bits per heavy atom. The third kappa shape index (κ3) is 3.59. The minimum absolute atomic E-state index is 0.115. The van der Waals surface area contributed by atoms with Crippen LogP contribution in [0.3, 0.4) is 0 Å². The summed E-state index contributed by atoms with van der Waals surface area (Å²) in [6.07, 6.45) is 5.99. The van der Waals surface area contributed by atoms with Gasteiger partial charge in [-0.15, -0.1) is 0 Å². The van der Waals surface area contributed by atoms with Crippen molar-refractivity contribution < 1.29 is 10.2 Å². The summed E-state index contributed by atoms with van der Waals surface area (Å²) < 4.78 is 0.968. The van der Waals surface area contributed by atoms with Crippen LogP contribution in [0.5, 0.6) is 5.75 Å². The predicted octanol–water partition coefficient (Wildman–Crippen LogP) is 3.13. The van der Waals surface area contributed by atoms with Gasteiger partial charge in [-0.25, -0.2) is 0 Å². The molecule has 1 unspecified atom stereocenters. The Labute approximate surface area is 122 Å². The highest BCUT2D eigenvalue weighted by atomic mass is 79.9. The van der Waals surface area contributed by atoms with Gasteiger partial charge >= 0.3 is 0 Å². The molecule has 3 nitrogen and oxygen atoms in total. The highest BCUT2D eigenvalue weighted by Crippen LogP contribution is 2.31. The summed E-state index contributed by atoms with van der Waals surface area (Å²) >= 11 is 3.44. The maximum atomic E-state index is 9.99. The van der Waals surface area contributed by atoms with Crippen LogP contribution in [0.15, 0.2) is 34.8 Å². The lowest BCUT2D eigenvalue weighted by molar-refractivity contribution is 0.244. The molecule has 2 rings (SSSR count). The molecule has 4 heteroatoms. The van der Waals surface area contributed by atoms with Gasteiger partial charge in [0.2, 0.25) is 0 Å². The Balaban J connectivity index is 2.08. The van der Waals surface area contributed by atoms with E-state index in [9.17, 15) is 5.11 Å². The number of aliphatic hydroxyl groups excluding tert-OH is 1. The molecule has 0 radical (unpaired) electrons. The van der Waals surface area contributed by atoms with E-state index >= 15 is 0 Å². The van der Waals surface area contributed by atoms with Gasteiger partial charge in [-0.05, 0) is 31.0 Å². The van der Waals surface area contributed by atoms with Crippen molar-refractivity contribution in [2.75, 3.05) is 6.61 Å². The molecule has 0 aromatic heterocycles. The molecule has 1 aromatic carbocycles. The summed E-state index contributed by atoms with van der Waals surface area (Å²) in [5.74, 6) is 0.578. The third-order valence-electron chi connectivity index (χ3n) is 3.60. The number of rotatable bonds is 5. The molecular weight excluding hydrogens is 306 g/mol. The molecule has 0 amide bonds. The smallest absolute Gasteiger partial charge is 0.120 e. The first-order valence-corrected chi connectivity index (χ1v) is 7.47. The Kier molecular flexibility index (Phi) is 5.02. The van der Waals surface area contributed by atoms with Crippen LogP contribution in [0.2, 0.25) is 0 Å². The average molecular weight is 326 g/mol. The Morgan fingerprint density at radius 2 is 2.21 bits per heavy atom. The second-order valence-corrected chi connectivity index (χ2v) is 5.92. The van der Waals surface area contributed by atoms with Gasteiger partial charge in [0.15, 0.2) is 0 Å². The zero-order chi connectivity index (χ0) is 13.8. The van der Waals surface area contributed by atoms with Crippen molar-refractivity contribution in [3.63, 3.8) is 0 Å². The molecule has 3 atom stereocenters. The van der Waals surface area contributed by atoms with Gasteiger partial charge < -0.3 is 15.5 Å². The van der Waals surface area contributed by atoms with Crippen molar-refractivity contribution in [2.45, 2.75) is 31.8 Å². The van der Waals surface area contributed by atoms with Gasteiger partial charge in [0, 0.05) is 34.6 Å². The van der Waals surface area contributed by atoms with E-state index in [1.807, 2.05) is 12.1 Å². The number of phenols is 1. The van der Waals surface area contributed by atoms with E-state index in [2.05, 4.69) is 40.3 Å². The van der Waals surface area contributed by atoms with Crippen molar-refractivity contribution in [3.8, 4) is 5.75 Å². The van der Waals surface area contributed by atoms with Crippen LogP contribution < -0.4 is 5.32 Å². The molecule has 1 aliphatic rings. The van der Waals surface area contributed by atoms with Crippen LogP contribution in [0.25, 0.3) is 0 Å². The zero-order valence-electron chi connectivity index (χ0n) is 11.0. The Morgan fingerprint density at radius 1 is 1.42 bits per heavy atom. The van der Waals surface area contributed by atoms with E-state index < -0.39 is 0 Å². The summed E-state index contributed by atoms with van der Waals surface area (Å²) in [4.78, 5) is 0. The fraction of sp³-hybridized carbons (Fsp3) is 0.467. The lowest BCUT2D eigenvalue weighted by Gasteiger charge is -2.23. The summed E-state index contributed by atoms with van der Waals surface area (Å²) in [6.45, 7) is 2.30. The molecule has 19 heavy (non-hydrogen) atoms. The monoisotopic (exact) mass is 325 g/mol. The van der Waals surface area contributed by atoms with E-state index in [-0.39, 0.29) is 24.6 Å². The zero-order valence-corrected chi connectivity index (χ0v) is 12.6. The van der Waals surface area contributed by atoms with Crippen LogP contribution in [-0.4, -0.2) is 22.9 Å². The van der Waals surface area contributed by atoms with Crippen molar-refractivity contribution in [3.05, 3.63) is 40.4 Å². The van der Waals surface area contributed by atoms with Crippen LogP contribution in [-0.2, 0) is 0 Å². The Hall–Kier alpha value is -0.840. The van der Waals surface area contributed by atoms with E-state index in [1.54, 1.807) is 6.07 Å². The van der Waals surface area contributed by atoms with Crippen LogP contribution in [0, 0.1) is 5.92 Å². The molecule has 1 aliphatic carbocycles. The molecule has 3 N–H and O–H groups in total. The van der Waals surface area contributed by atoms with E-state index in [0.717, 1.165) is 22.9 Å². The van der Waals surface area contributed by atoms with Crippen molar-refractivity contribution in [2.24, 2.45) is 5.92 Å². The van der Waals surface area contributed by atoms with Crippen molar-refractivity contribution in [1.29, 1.82) is 0 Å². The normalized spacial score (nSPS) is 23.7. The quantitative estimate of drug-likeness (QED) is 0.729. The molecule has 0 heterocycles. The number of halogens is 1. The molecule has 0 fully saturated rings. The maximum Gasteiger partial charge on any atom is 0.120 e. The minimum atomic E-state index is 0.115. The minimum Gasteiger partial charge on any atom is -0.508 e. The lowest BCUT2D eigenvalue weighted by Crippen LogP contribution is -2.30. The summed E-state index contributed by atoms with van der Waals surface area (Å²) in [5, 5.41) is 22.7. The van der Waals surface area contributed by atoms with Crippen LogP contribution >= 0.6 is 15.9 Å². The maximum absolute atomic E-state index is 9.99. The first-order valence-electron chi connectivity index (χ1n) is 6.67. The molecule has 0 saturated carbocycles. The lowest BCUT2D eigenvalue weighted by atomic mass is 10.0. The Bertz CT molecular complexity index is 461. The standard InChI is InChI=1S/C15H20BrNO2/c1-2-14(13-8-11(16)4-6-15(13)19)17-12-5-3-10(7-12)9-18/h3-6,8,10,12,14,17-19H,2,7,9H2,1H3/t10-,12+,14?/m0/s1. The van der Waals surface area contributed by atoms with Crippen molar-refractivity contribution in [1.82, 2.24) is 5.32 Å². The second-order valence-electron chi connectivity index (χ2n) is 5.00. The van der Waals surface area contributed by atoms with Gasteiger partial charge in [-0.3, -0.25) is 0 Å². The average Bonchev–Trinajstić information content (AvgIpc) is 2.87. The molecule has 0 spiro atoms. The second kappa shape index (κ2) is 6.55. The first-order chi connectivity index (χ1) is 9.13. The van der Waals surface area contributed by atoms with Gasteiger partial charge in [-0.2, -0.15) is 0 Å². The predicted molar refractivity (Wildman–Crippen MR) is 80.1 cm³/mol. The number of nitrogens with one attached hydrogen (secondary N) is 1. The summed E-state index contributed by atoms with van der Waals surface area (Å²) in [7, 11) is 0. The number of benzene rings is 1. The molecule has 1 aromatic rings. The third-order valence-corrected chi connectivity index (χ3v) is 4.09. The van der Waals surface area contributed by atoms with Gasteiger partial charge in [0.1, 0.15) is 5.75 Å². The highest BCUT2D eigenvalue weighted by Gasteiger charge is 2.22. The first kappa shape index (κ1) is 14.6. The largest absolute Gasteiger partial charge is 0.508 e. The van der Waals surface area contributed by atoms with Crippen LogP contribution in [0.4, 0.5) is 0 Å². The van der Waals surface area contributed by atoms with E-state index in [1.165, 1.54) is 0 Å². The molecule has 0 saturated heterocycles. The fourth-order valence-corrected chi connectivity index (χ4v) is 2.90. The summed E-state index contributed by atoms with van der Waals surface area (Å²) in [5.41, 5.74) is 0.915. The number of hydrogen-bond acceptors (Lipinski definition) is 3. The SMILES string of the molecule is CCC(N[C@@H]1C=C[C@H](CO)C1)c1cc(Br)ccc1O. The molecular formula is C15H20BrNO2. The van der Waals surface area contributed by atoms with Gasteiger partial charge in [0.05, 0.1) is 0 Å². The van der Waals surface area contributed by atoms with Crippen LogP contribution in [0.1, 0.15) is 31.4 Å². The topological polar surface area (TPSA) is 52.5 Å². The molecule has 0 bridgehead atoms. The number of phenolic OH excluding ortho intramolecular Hbond substituents is 1. The fourth-order valence-electron chi connectivity index (χ4n) is 2.52. The van der Waals surface area contributed by atoms with Gasteiger partial charge in [-0.1, -0.05) is 35.0 Å². The highest BCUT2D eigenvalue weighted by molar-refractivity contribution is 9.10. The molecule has 104 valence electrons. The number of aliphatic hydroxyl groups is 1. The van der Waals surface area contributed by atoms with E-state index in [0.29, 0.717) is 5.75 Å².